The lowest BCUT2D eigenvalue weighted by Crippen LogP contribution is -2.87. The molecule has 0 unspecified atom stereocenters. The summed E-state index contributed by atoms with van der Waals surface area (Å²) in [6, 6.07) is 24.6. The van der Waals surface area contributed by atoms with Crippen LogP contribution < -0.4 is 5.32 Å². The van der Waals surface area contributed by atoms with E-state index in [1.807, 2.05) is 19.2 Å². The molecule has 15 aliphatic rings. The Morgan fingerprint density at radius 3 is 2.38 bits per heavy atom. The number of aliphatic hydroxyl groups excluding tert-OH is 2. The third-order valence-electron chi connectivity index (χ3n) is 29.0. The molecular weight excluding hydrogens is 1080 g/mol. The van der Waals surface area contributed by atoms with E-state index in [0.717, 1.165) is 99.2 Å². The van der Waals surface area contributed by atoms with Crippen molar-refractivity contribution in [2.75, 3.05) is 13.7 Å². The van der Waals surface area contributed by atoms with Crippen molar-refractivity contribution in [2.24, 2.45) is 92.7 Å². The Hall–Kier alpha value is -4.18. The summed E-state index contributed by atoms with van der Waals surface area (Å²) >= 11 is 0. The van der Waals surface area contributed by atoms with Gasteiger partial charge in [-0.2, -0.15) is 0 Å². The van der Waals surface area contributed by atoms with Crippen LogP contribution in [0, 0.1) is 105 Å². The Morgan fingerprint density at radius 2 is 1.60 bits per heavy atom. The Bertz CT molecular complexity index is 3320. The number of hydrogen-bond donors (Lipinski definition) is 6. The maximum atomic E-state index is 15.8. The second-order valence-corrected chi connectivity index (χ2v) is 32.1. The molecule has 2 heterocycles. The number of fused-ring (bicyclic) bond motifs is 4. The van der Waals surface area contributed by atoms with Crippen molar-refractivity contribution < 1.29 is 44.6 Å². The summed E-state index contributed by atoms with van der Waals surface area (Å²) in [6.45, 7) is 5.20. The summed E-state index contributed by atoms with van der Waals surface area (Å²) in [5.41, 5.74) is -0.732. The highest BCUT2D eigenvalue weighted by Crippen LogP contribution is 2.81. The van der Waals surface area contributed by atoms with Crippen LogP contribution in [0.2, 0.25) is 0 Å². The minimum absolute atomic E-state index is 0.129. The van der Waals surface area contributed by atoms with Gasteiger partial charge in [0.1, 0.15) is 23.6 Å². The van der Waals surface area contributed by atoms with Crippen LogP contribution in [-0.2, 0) is 44.9 Å². The van der Waals surface area contributed by atoms with E-state index in [1.54, 1.807) is 6.08 Å². The lowest BCUT2D eigenvalue weighted by Gasteiger charge is -2.75. The first-order valence-corrected chi connectivity index (χ1v) is 35.0. The molecule has 6 N–H and O–H groups in total. The first-order valence-electron chi connectivity index (χ1n) is 35.0. The summed E-state index contributed by atoms with van der Waals surface area (Å²) in [7, 11) is 1.97. The van der Waals surface area contributed by atoms with E-state index in [9.17, 15) is 20.1 Å². The molecule has 15 bridgehead atoms. The van der Waals surface area contributed by atoms with Gasteiger partial charge < -0.3 is 45.1 Å². The predicted octanol–water partition coefficient (Wildman–Crippen LogP) is 11.3. The van der Waals surface area contributed by atoms with E-state index in [4.69, 9.17) is 9.47 Å². The lowest BCUT2D eigenvalue weighted by molar-refractivity contribution is -0.390. The summed E-state index contributed by atoms with van der Waals surface area (Å²) in [6.07, 6.45) is 19.1. The summed E-state index contributed by atoms with van der Waals surface area (Å²) < 4.78 is 13.9. The Kier molecular flexibility index (Phi) is 13.9. The predicted molar refractivity (Wildman–Crippen MR) is 332 cm³/mol. The number of carbonyl (C=O) groups excluding carboxylic acids is 2. The zero-order valence-electron chi connectivity index (χ0n) is 52.1. The van der Waals surface area contributed by atoms with Crippen LogP contribution in [0.1, 0.15) is 194 Å². The SMILES string of the molecule is CC[C@H]1c2cccc(c2)CC[C@H]2C[C@H]3CCO[C@@H]4[C@H]5CC[C@H]([C@@H](C)C6CCCC6)C[C@@H]6[C@@H](O)[C@]7(O)[C@H](CC[C@@]89C[C@]%10(C#Cc%11cccc(CO)c%11C[C@@H](NC)[C@@H]%11C[C@@H](C[C@@]87O)[C@@H]9C7=CC(=O)O[C@H]7%11)CC[C@@H](Cc7cccc1c7)C%10)[C@@](C=O)(C[C@]34C2)[C@@]56O. The minimum atomic E-state index is -2.23. The van der Waals surface area contributed by atoms with Crippen LogP contribution >= 0.6 is 0 Å². The van der Waals surface area contributed by atoms with Crippen molar-refractivity contribution in [3.8, 4) is 11.8 Å². The maximum Gasteiger partial charge on any atom is 0.331 e. The van der Waals surface area contributed by atoms with Crippen molar-refractivity contribution >= 4 is 12.3 Å². The Balaban J connectivity index is 0.934. The van der Waals surface area contributed by atoms with Gasteiger partial charge in [0, 0.05) is 70.1 Å². The second-order valence-electron chi connectivity index (χ2n) is 32.1. The molecule has 3 aromatic rings. The van der Waals surface area contributed by atoms with Crippen LogP contribution in [-0.4, -0.2) is 92.6 Å². The standard InChI is InChI=1S/C77H97NO9/c1-4-58-53-15-7-10-46(31-53)18-19-48-33-57-25-29-86-70-62-21-20-52(45(2)50-12-5-6-13-50)35-63-69(82)77(85)65(74(44-80,76(62,63)84)43-72(57,70)39-48)24-28-73-42-71(26-22-49(38-71)30-47-11-8-16-54(58)32-47)27-23-51-14-9-17-55(41-79)59(51)36-64(78-3)60-34-56(40-75(73,77)83)67(73)61-37-66(81)87-68(60)61/h7-11,14-17,31-32,37,44-45,48-50,52,56-58,60,62-65,67-70,78-79,82-85H,4-6,12-13,18-22,24-26,28-30,33-36,38-43H2,1-3H3/t45-,48-,49-,52-,56-,57+,58-,60-,62+,63+,64+,65+,67+,68-,69+,70+,71-,72+,73-,74-,75+,76+,77+/m0/s1. The minimum Gasteiger partial charge on any atom is -0.454 e. The maximum absolute atomic E-state index is 15.8. The van der Waals surface area contributed by atoms with Gasteiger partial charge in [0.15, 0.2) is 0 Å². The molecule has 13 aliphatic carbocycles. The van der Waals surface area contributed by atoms with Gasteiger partial charge in [-0.15, -0.1) is 0 Å². The number of nitrogens with one attached hydrogen (secondary N) is 1. The summed E-state index contributed by atoms with van der Waals surface area (Å²) in [5.74, 6) is 6.51. The van der Waals surface area contributed by atoms with Crippen molar-refractivity contribution in [1.29, 1.82) is 0 Å². The molecular formula is C77H97NO9. The molecule has 9 saturated carbocycles. The van der Waals surface area contributed by atoms with E-state index >= 15 is 15.0 Å². The summed E-state index contributed by atoms with van der Waals surface area (Å²) in [4.78, 5) is 30.1. The van der Waals surface area contributed by atoms with E-state index in [-0.39, 0.29) is 72.6 Å². The molecule has 1 saturated heterocycles. The third kappa shape index (κ3) is 8.09. The average Bonchev–Trinajstić information content (AvgIpc) is 1.63. The number of hydrogen-bond acceptors (Lipinski definition) is 10. The first kappa shape index (κ1) is 57.9. The fourth-order valence-corrected chi connectivity index (χ4v) is 25.7. The summed E-state index contributed by atoms with van der Waals surface area (Å²) in [5, 5.41) is 75.2. The van der Waals surface area contributed by atoms with Crippen molar-refractivity contribution in [3.63, 3.8) is 0 Å². The van der Waals surface area contributed by atoms with Gasteiger partial charge in [0.2, 0.25) is 0 Å². The lowest BCUT2D eigenvalue weighted by atomic mass is 9.32. The number of esters is 1. The van der Waals surface area contributed by atoms with E-state index in [0.29, 0.717) is 75.7 Å². The quantitative estimate of drug-likeness (QED) is 0.0795. The van der Waals surface area contributed by atoms with Crippen LogP contribution in [0.5, 0.6) is 0 Å². The third-order valence-corrected chi connectivity index (χ3v) is 29.0. The zero-order valence-corrected chi connectivity index (χ0v) is 52.1. The molecule has 2 aliphatic heterocycles. The molecule has 464 valence electrons. The number of carbonyl (C=O) groups is 2. The highest BCUT2D eigenvalue weighted by molar-refractivity contribution is 5.86. The highest BCUT2D eigenvalue weighted by Gasteiger charge is 2.88. The van der Waals surface area contributed by atoms with E-state index in [2.05, 4.69) is 85.6 Å². The van der Waals surface area contributed by atoms with Gasteiger partial charge in [-0.1, -0.05) is 112 Å². The van der Waals surface area contributed by atoms with Crippen molar-refractivity contribution in [1.82, 2.24) is 5.32 Å². The monoisotopic (exact) mass is 1180 g/mol. The van der Waals surface area contributed by atoms with Gasteiger partial charge in [0.05, 0.1) is 29.8 Å². The molecule has 87 heavy (non-hydrogen) atoms. The molecule has 10 nitrogen and oxygen atoms in total. The first-order chi connectivity index (χ1) is 42.1. The average molecular weight is 1180 g/mol. The molecule has 10 heteroatoms. The fourth-order valence-electron chi connectivity index (χ4n) is 25.7. The molecule has 3 aromatic carbocycles. The normalized spacial score (nSPS) is 46.9. The molecule has 10 fully saturated rings. The number of benzene rings is 3. The van der Waals surface area contributed by atoms with Crippen LogP contribution in [0.4, 0.5) is 0 Å². The number of likely N-dealkylation sites (N-methyl/N-ethyl adjacent to an activating group) is 1. The number of aldehydes is 1. The Labute approximate surface area is 516 Å². The van der Waals surface area contributed by atoms with Gasteiger partial charge in [0.25, 0.3) is 0 Å². The van der Waals surface area contributed by atoms with Crippen molar-refractivity contribution in [2.45, 2.75) is 222 Å². The highest BCUT2D eigenvalue weighted by atomic mass is 16.5. The molecule has 18 rings (SSSR count). The molecule has 23 atom stereocenters. The number of aliphatic hydroxyl groups is 5. The van der Waals surface area contributed by atoms with Crippen molar-refractivity contribution in [3.05, 3.63) is 117 Å². The topological polar surface area (TPSA) is 166 Å². The fraction of sp³-hybridized carbons (Fsp3) is 0.688. The number of aryl methyl sites for hydroxylation is 1. The molecule has 3 spiro atoms. The zero-order chi connectivity index (χ0) is 59.6. The molecule has 0 amide bonds. The second kappa shape index (κ2) is 20.9. The molecule has 0 radical (unpaired) electrons. The largest absolute Gasteiger partial charge is 0.454 e. The van der Waals surface area contributed by atoms with Crippen LogP contribution in [0.25, 0.3) is 0 Å². The van der Waals surface area contributed by atoms with Gasteiger partial charge in [-0.3, -0.25) is 0 Å². The van der Waals surface area contributed by atoms with E-state index in [1.165, 1.54) is 47.9 Å². The van der Waals surface area contributed by atoms with Gasteiger partial charge in [-0.25, -0.2) is 4.79 Å². The molecule has 0 aromatic heterocycles. The smallest absolute Gasteiger partial charge is 0.331 e. The number of ether oxygens (including phenoxy) is 2. The van der Waals surface area contributed by atoms with E-state index < -0.39 is 68.4 Å². The Morgan fingerprint density at radius 1 is 0.805 bits per heavy atom. The van der Waals surface area contributed by atoms with Gasteiger partial charge in [-0.05, 0) is 228 Å². The van der Waals surface area contributed by atoms with Crippen LogP contribution in [0.15, 0.2) is 78.4 Å². The van der Waals surface area contributed by atoms with Gasteiger partial charge >= 0.3 is 5.97 Å². The number of rotatable bonds is 6. The van der Waals surface area contributed by atoms with Crippen LogP contribution in [0.3, 0.4) is 0 Å².